The summed E-state index contributed by atoms with van der Waals surface area (Å²) >= 11 is 0. The summed E-state index contributed by atoms with van der Waals surface area (Å²) in [6, 6.07) is 4.79. The molecule has 9 heteroatoms. The third-order valence-corrected chi connectivity index (χ3v) is 5.05. The minimum absolute atomic E-state index is 0.0142. The normalized spacial score (nSPS) is 12.7. The number of nitro groups is 1. The molecule has 1 unspecified atom stereocenters. The van der Waals surface area contributed by atoms with Crippen LogP contribution in [-0.2, 0) is 10.0 Å². The smallest absolute Gasteiger partial charge is 0.293 e. The summed E-state index contributed by atoms with van der Waals surface area (Å²) in [5.41, 5.74) is -0.564. The first-order valence-corrected chi connectivity index (χ1v) is 7.37. The highest BCUT2D eigenvalue weighted by Crippen LogP contribution is 2.30. The van der Waals surface area contributed by atoms with Crippen LogP contribution < -0.4 is 4.74 Å². The first-order valence-electron chi connectivity index (χ1n) is 5.93. The largest absolute Gasteiger partial charge is 0.497 e. The maximum Gasteiger partial charge on any atom is 0.293 e. The van der Waals surface area contributed by atoms with Gasteiger partial charge in [0.15, 0.2) is 4.90 Å². The SMILES string of the molecule is COc1ccc(S(=O)(=O)N(C)C(C)CC#N)c([N+](=O)[O-])c1. The average molecular weight is 313 g/mol. The van der Waals surface area contributed by atoms with E-state index in [4.69, 9.17) is 10.00 Å². The van der Waals surface area contributed by atoms with Crippen molar-refractivity contribution < 1.29 is 18.1 Å². The second-order valence-corrected chi connectivity index (χ2v) is 6.29. The molecule has 0 aliphatic heterocycles. The summed E-state index contributed by atoms with van der Waals surface area (Å²) in [5, 5.41) is 19.7. The highest BCUT2D eigenvalue weighted by molar-refractivity contribution is 7.89. The van der Waals surface area contributed by atoms with Crippen LogP contribution in [-0.4, -0.2) is 37.8 Å². The lowest BCUT2D eigenvalue weighted by atomic mass is 10.3. The summed E-state index contributed by atoms with van der Waals surface area (Å²) in [6.45, 7) is 1.55. The Morgan fingerprint density at radius 3 is 2.62 bits per heavy atom. The van der Waals surface area contributed by atoms with Crippen molar-refractivity contribution in [2.45, 2.75) is 24.3 Å². The number of nitriles is 1. The van der Waals surface area contributed by atoms with Gasteiger partial charge < -0.3 is 4.74 Å². The van der Waals surface area contributed by atoms with E-state index in [2.05, 4.69) is 0 Å². The number of ether oxygens (including phenoxy) is 1. The molecule has 0 saturated heterocycles. The zero-order valence-electron chi connectivity index (χ0n) is 11.8. The molecule has 1 rings (SSSR count). The van der Waals surface area contributed by atoms with Crippen molar-refractivity contribution in [1.82, 2.24) is 4.31 Å². The quantitative estimate of drug-likeness (QED) is 0.581. The monoisotopic (exact) mass is 313 g/mol. The van der Waals surface area contributed by atoms with E-state index in [1.165, 1.54) is 20.2 Å². The van der Waals surface area contributed by atoms with E-state index in [1.54, 1.807) is 6.92 Å². The van der Waals surface area contributed by atoms with Gasteiger partial charge in [-0.05, 0) is 19.1 Å². The molecule has 0 bridgehead atoms. The van der Waals surface area contributed by atoms with Crippen LogP contribution in [0.4, 0.5) is 5.69 Å². The van der Waals surface area contributed by atoms with Gasteiger partial charge in [0.1, 0.15) is 5.75 Å². The maximum absolute atomic E-state index is 12.4. The fraction of sp³-hybridized carbons (Fsp3) is 0.417. The number of methoxy groups -OCH3 is 1. The Kier molecular flexibility index (Phi) is 5.23. The molecule has 114 valence electrons. The molecule has 21 heavy (non-hydrogen) atoms. The molecule has 0 aliphatic rings. The zero-order chi connectivity index (χ0) is 16.2. The van der Waals surface area contributed by atoms with Gasteiger partial charge in [0, 0.05) is 13.1 Å². The van der Waals surface area contributed by atoms with Gasteiger partial charge >= 0.3 is 0 Å². The van der Waals surface area contributed by atoms with E-state index in [9.17, 15) is 18.5 Å². The third-order valence-electron chi connectivity index (χ3n) is 3.03. The van der Waals surface area contributed by atoms with Crippen LogP contribution in [0.25, 0.3) is 0 Å². The minimum Gasteiger partial charge on any atom is -0.497 e. The van der Waals surface area contributed by atoms with Crippen molar-refractivity contribution in [3.05, 3.63) is 28.3 Å². The molecule has 1 aromatic carbocycles. The average Bonchev–Trinajstić information content (AvgIpc) is 2.45. The molecule has 0 aromatic heterocycles. The van der Waals surface area contributed by atoms with E-state index < -0.39 is 31.6 Å². The van der Waals surface area contributed by atoms with Gasteiger partial charge in [0.05, 0.1) is 30.6 Å². The summed E-state index contributed by atoms with van der Waals surface area (Å²) in [5.74, 6) is 0.188. The Balaban J connectivity index is 3.38. The summed E-state index contributed by atoms with van der Waals surface area (Å²) in [6.07, 6.45) is -0.0142. The van der Waals surface area contributed by atoms with Crippen LogP contribution in [0.1, 0.15) is 13.3 Å². The molecular formula is C12H15N3O5S. The molecule has 0 spiro atoms. The number of hydrogen-bond acceptors (Lipinski definition) is 6. The van der Waals surface area contributed by atoms with Crippen LogP contribution in [0.15, 0.2) is 23.1 Å². The molecule has 1 aromatic rings. The van der Waals surface area contributed by atoms with Gasteiger partial charge in [-0.3, -0.25) is 10.1 Å². The number of nitrogens with zero attached hydrogens (tertiary/aromatic N) is 3. The fourth-order valence-electron chi connectivity index (χ4n) is 1.64. The Morgan fingerprint density at radius 2 is 2.14 bits per heavy atom. The Hall–Kier alpha value is -2.18. The second-order valence-electron chi connectivity index (χ2n) is 4.32. The molecule has 0 amide bonds. The van der Waals surface area contributed by atoms with Gasteiger partial charge in [-0.15, -0.1) is 0 Å². The van der Waals surface area contributed by atoms with E-state index >= 15 is 0 Å². The molecule has 0 fully saturated rings. The standard InChI is InChI=1S/C12H15N3O5S/c1-9(6-7-13)14(2)21(18,19)12-5-4-10(20-3)8-11(12)15(16)17/h4-5,8-9H,6H2,1-3H3. The van der Waals surface area contributed by atoms with Crippen LogP contribution in [0, 0.1) is 21.4 Å². The van der Waals surface area contributed by atoms with E-state index in [1.807, 2.05) is 6.07 Å². The maximum atomic E-state index is 12.4. The first kappa shape index (κ1) is 16.9. The number of nitro benzene ring substituents is 1. The fourth-order valence-corrected chi connectivity index (χ4v) is 3.13. The van der Waals surface area contributed by atoms with Crippen molar-refractivity contribution in [3.8, 4) is 11.8 Å². The predicted octanol–water partition coefficient (Wildman–Crippen LogP) is 1.53. The van der Waals surface area contributed by atoms with Crippen LogP contribution in [0.5, 0.6) is 5.75 Å². The molecule has 0 heterocycles. The van der Waals surface area contributed by atoms with Crippen molar-refractivity contribution in [3.63, 3.8) is 0 Å². The van der Waals surface area contributed by atoms with Crippen LogP contribution in [0.3, 0.4) is 0 Å². The Bertz CT molecular complexity index is 681. The van der Waals surface area contributed by atoms with Gasteiger partial charge in [-0.1, -0.05) is 0 Å². The van der Waals surface area contributed by atoms with Crippen molar-refractivity contribution >= 4 is 15.7 Å². The highest BCUT2D eigenvalue weighted by Gasteiger charge is 2.32. The number of hydrogen-bond donors (Lipinski definition) is 0. The number of benzene rings is 1. The molecule has 0 saturated carbocycles. The first-order chi connectivity index (χ1) is 9.75. The molecule has 0 N–H and O–H groups in total. The van der Waals surface area contributed by atoms with Gasteiger partial charge in [0.2, 0.25) is 10.0 Å². The summed E-state index contributed by atoms with van der Waals surface area (Å²) in [4.78, 5) is 9.86. The van der Waals surface area contributed by atoms with Gasteiger partial charge in [-0.25, -0.2) is 8.42 Å². The molecule has 0 radical (unpaired) electrons. The zero-order valence-corrected chi connectivity index (χ0v) is 12.6. The van der Waals surface area contributed by atoms with Gasteiger partial charge in [0.25, 0.3) is 5.69 Å². The molecular weight excluding hydrogens is 298 g/mol. The van der Waals surface area contributed by atoms with E-state index in [-0.39, 0.29) is 12.2 Å². The lowest BCUT2D eigenvalue weighted by molar-refractivity contribution is -0.387. The topological polar surface area (TPSA) is 114 Å². The summed E-state index contributed by atoms with van der Waals surface area (Å²) < 4.78 is 30.7. The Labute approximate surface area is 122 Å². The van der Waals surface area contributed by atoms with Gasteiger partial charge in [-0.2, -0.15) is 9.57 Å². The van der Waals surface area contributed by atoms with Crippen LogP contribution in [0.2, 0.25) is 0 Å². The molecule has 8 nitrogen and oxygen atoms in total. The second kappa shape index (κ2) is 6.51. The predicted molar refractivity (Wildman–Crippen MR) is 74.3 cm³/mol. The molecule has 1 atom stereocenters. The van der Waals surface area contributed by atoms with Crippen molar-refractivity contribution in [2.24, 2.45) is 0 Å². The van der Waals surface area contributed by atoms with E-state index in [0.29, 0.717) is 0 Å². The van der Waals surface area contributed by atoms with Crippen molar-refractivity contribution in [1.29, 1.82) is 5.26 Å². The van der Waals surface area contributed by atoms with E-state index in [0.717, 1.165) is 16.4 Å². The van der Waals surface area contributed by atoms with Crippen molar-refractivity contribution in [2.75, 3.05) is 14.2 Å². The summed E-state index contributed by atoms with van der Waals surface area (Å²) in [7, 11) is -1.47. The minimum atomic E-state index is -4.08. The highest BCUT2D eigenvalue weighted by atomic mass is 32.2. The lowest BCUT2D eigenvalue weighted by Gasteiger charge is -2.22. The Morgan fingerprint density at radius 1 is 1.52 bits per heavy atom. The molecule has 0 aliphatic carbocycles. The number of sulfonamides is 1. The third kappa shape index (κ3) is 3.48. The lowest BCUT2D eigenvalue weighted by Crippen LogP contribution is -2.35. The van der Waals surface area contributed by atoms with Crippen LogP contribution >= 0.6 is 0 Å². The number of rotatable bonds is 6.